The van der Waals surface area contributed by atoms with E-state index in [2.05, 4.69) is 4.18 Å². The summed E-state index contributed by atoms with van der Waals surface area (Å²) < 4.78 is 111. The molecule has 23 heavy (non-hydrogen) atoms. The lowest BCUT2D eigenvalue weighted by Crippen LogP contribution is -2.29. The van der Waals surface area contributed by atoms with Gasteiger partial charge in [0.05, 0.1) is 0 Å². The van der Waals surface area contributed by atoms with Crippen LogP contribution >= 0.6 is 0 Å². The Labute approximate surface area is 124 Å². The van der Waals surface area contributed by atoms with E-state index in [9.17, 15) is 43.9 Å². The van der Waals surface area contributed by atoms with Gasteiger partial charge >= 0.3 is 21.8 Å². The Morgan fingerprint density at radius 1 is 1.00 bits per heavy atom. The molecule has 128 valence electrons. The van der Waals surface area contributed by atoms with Crippen LogP contribution in [0.5, 0.6) is 0 Å². The van der Waals surface area contributed by atoms with Crippen molar-refractivity contribution in [3.05, 3.63) is 47.5 Å². The zero-order chi connectivity index (χ0) is 18.1. The topological polar surface area (TPSA) is 60.4 Å². The molecule has 0 aliphatic rings. The smallest absolute Gasteiger partial charge is 0.371 e. The molecule has 0 amide bonds. The molecule has 0 saturated heterocycles. The first kappa shape index (κ1) is 18.9. The minimum absolute atomic E-state index is 0.476. The number of alkyl halides is 6. The number of benzene rings is 1. The highest BCUT2D eigenvalue weighted by molar-refractivity contribution is 7.87. The Morgan fingerprint density at radius 3 is 1.87 bits per heavy atom. The van der Waals surface area contributed by atoms with E-state index >= 15 is 0 Å². The van der Waals surface area contributed by atoms with Crippen LogP contribution in [0.25, 0.3) is 0 Å². The third kappa shape index (κ3) is 4.94. The largest absolute Gasteiger partial charge is 0.534 e. The van der Waals surface area contributed by atoms with E-state index in [1.54, 1.807) is 0 Å². The summed E-state index contributed by atoms with van der Waals surface area (Å²) in [5, 5.41) is 0. The van der Waals surface area contributed by atoms with Crippen LogP contribution < -0.4 is 0 Å². The number of hydrogen-bond donors (Lipinski definition) is 0. The quantitative estimate of drug-likeness (QED) is 0.205. The maximum absolute atomic E-state index is 12.6. The molecule has 0 spiro atoms. The molecular weight excluding hydrogens is 361 g/mol. The Balaban J connectivity index is 3.23. The third-order valence-electron chi connectivity index (χ3n) is 2.15. The number of allylic oxidation sites excluding steroid dienone is 2. The van der Waals surface area contributed by atoms with Crippen LogP contribution in [0, 0.1) is 5.82 Å². The molecule has 0 aromatic heterocycles. The van der Waals surface area contributed by atoms with Crippen molar-refractivity contribution in [2.24, 2.45) is 0 Å². The molecule has 0 aliphatic carbocycles. The Hall–Kier alpha value is -2.11. The van der Waals surface area contributed by atoms with E-state index in [4.69, 9.17) is 0 Å². The zero-order valence-electron chi connectivity index (χ0n) is 10.6. The summed E-state index contributed by atoms with van der Waals surface area (Å²) >= 11 is 0. The van der Waals surface area contributed by atoms with Crippen molar-refractivity contribution in [2.45, 2.75) is 11.7 Å². The van der Waals surface area contributed by atoms with Gasteiger partial charge in [0, 0.05) is 11.6 Å². The summed E-state index contributed by atoms with van der Waals surface area (Å²) in [6.45, 7) is 0. The minimum Gasteiger partial charge on any atom is -0.371 e. The van der Waals surface area contributed by atoms with Crippen LogP contribution in [0.4, 0.5) is 30.7 Å². The summed E-state index contributed by atoms with van der Waals surface area (Å²) in [6, 6.07) is 2.92. The van der Waals surface area contributed by atoms with Crippen molar-refractivity contribution in [3.63, 3.8) is 0 Å². The highest BCUT2D eigenvalue weighted by Gasteiger charge is 2.52. The molecule has 0 bridgehead atoms. The fraction of sp³-hybridized carbons (Fsp3) is 0.182. The first-order valence-corrected chi connectivity index (χ1v) is 6.74. The van der Waals surface area contributed by atoms with Crippen LogP contribution in [0.2, 0.25) is 0 Å². The maximum atomic E-state index is 12.6. The molecule has 4 nitrogen and oxygen atoms in total. The van der Waals surface area contributed by atoms with Gasteiger partial charge < -0.3 is 4.18 Å². The summed E-state index contributed by atoms with van der Waals surface area (Å²) in [5.41, 5.74) is -6.64. The molecule has 0 fully saturated rings. The van der Waals surface area contributed by atoms with Gasteiger partial charge in [0.2, 0.25) is 5.76 Å². The van der Waals surface area contributed by atoms with E-state index in [0.29, 0.717) is 12.1 Å². The Kier molecular flexibility index (Phi) is 5.09. The minimum atomic E-state index is -6.62. The van der Waals surface area contributed by atoms with Crippen molar-refractivity contribution in [1.82, 2.24) is 0 Å². The SMILES string of the molecule is O=C(/C=C(\OS(=O)(=O)C(F)(F)F)C(F)(F)F)c1ccc(F)cc1. The molecule has 1 aromatic rings. The average Bonchev–Trinajstić information content (AvgIpc) is 2.35. The van der Waals surface area contributed by atoms with Gasteiger partial charge in [-0.2, -0.15) is 34.8 Å². The first-order valence-electron chi connectivity index (χ1n) is 5.33. The van der Waals surface area contributed by atoms with Gasteiger partial charge in [-0.15, -0.1) is 0 Å². The van der Waals surface area contributed by atoms with Crippen molar-refractivity contribution < 1.29 is 48.1 Å². The van der Waals surface area contributed by atoms with Gasteiger partial charge in [0.25, 0.3) is 0 Å². The van der Waals surface area contributed by atoms with Gasteiger partial charge in [-0.05, 0) is 24.3 Å². The van der Waals surface area contributed by atoms with Gasteiger partial charge in [0.15, 0.2) is 5.78 Å². The Morgan fingerprint density at radius 2 is 1.48 bits per heavy atom. The van der Waals surface area contributed by atoms with Crippen molar-refractivity contribution >= 4 is 15.9 Å². The predicted octanol–water partition coefficient (Wildman–Crippen LogP) is 3.32. The van der Waals surface area contributed by atoms with Crippen molar-refractivity contribution in [1.29, 1.82) is 0 Å². The van der Waals surface area contributed by atoms with E-state index in [-0.39, 0.29) is 0 Å². The maximum Gasteiger partial charge on any atom is 0.534 e. The van der Waals surface area contributed by atoms with Crippen LogP contribution in [0.1, 0.15) is 10.4 Å². The number of rotatable bonds is 4. The lowest BCUT2D eigenvalue weighted by Gasteiger charge is -2.14. The van der Waals surface area contributed by atoms with Gasteiger partial charge in [-0.1, -0.05) is 0 Å². The highest BCUT2D eigenvalue weighted by Crippen LogP contribution is 2.33. The second-order valence-corrected chi connectivity index (χ2v) is 5.40. The van der Waals surface area contributed by atoms with Crippen molar-refractivity contribution in [2.75, 3.05) is 0 Å². The molecule has 0 N–H and O–H groups in total. The summed E-state index contributed by atoms with van der Waals surface area (Å²) in [5.74, 6) is -5.03. The summed E-state index contributed by atoms with van der Waals surface area (Å²) in [4.78, 5) is 11.5. The van der Waals surface area contributed by atoms with E-state index in [1.807, 2.05) is 0 Å². The molecule has 0 atom stereocenters. The lowest BCUT2D eigenvalue weighted by molar-refractivity contribution is -0.119. The predicted molar refractivity (Wildman–Crippen MR) is 60.9 cm³/mol. The first-order chi connectivity index (χ1) is 10.2. The molecular formula is C11H5F7O4S. The van der Waals surface area contributed by atoms with E-state index < -0.39 is 50.8 Å². The van der Waals surface area contributed by atoms with Crippen LogP contribution in [0.3, 0.4) is 0 Å². The van der Waals surface area contributed by atoms with E-state index in [0.717, 1.165) is 12.1 Å². The molecule has 0 radical (unpaired) electrons. The normalized spacial score (nSPS) is 13.8. The van der Waals surface area contributed by atoms with Gasteiger partial charge in [0.1, 0.15) is 5.82 Å². The lowest BCUT2D eigenvalue weighted by atomic mass is 10.1. The van der Waals surface area contributed by atoms with E-state index in [1.165, 1.54) is 0 Å². The molecule has 1 aromatic carbocycles. The number of halogens is 7. The molecule has 0 heterocycles. The summed E-state index contributed by atoms with van der Waals surface area (Å²) in [7, 11) is -6.62. The van der Waals surface area contributed by atoms with Crippen LogP contribution in [-0.2, 0) is 14.3 Å². The Bertz CT molecular complexity index is 714. The fourth-order valence-electron chi connectivity index (χ4n) is 1.14. The average molecular weight is 366 g/mol. The number of hydrogen-bond acceptors (Lipinski definition) is 4. The second kappa shape index (κ2) is 6.18. The van der Waals surface area contributed by atoms with Crippen molar-refractivity contribution in [3.8, 4) is 0 Å². The molecule has 12 heteroatoms. The van der Waals surface area contributed by atoms with Crippen LogP contribution in [0.15, 0.2) is 36.1 Å². The number of carbonyl (C=O) groups is 1. The highest BCUT2D eigenvalue weighted by atomic mass is 32.2. The third-order valence-corrected chi connectivity index (χ3v) is 3.12. The van der Waals surface area contributed by atoms with Crippen LogP contribution in [-0.4, -0.2) is 25.9 Å². The summed E-state index contributed by atoms with van der Waals surface area (Å²) in [6.07, 6.45) is -6.16. The molecule has 0 saturated carbocycles. The molecule has 0 aliphatic heterocycles. The van der Waals surface area contributed by atoms with Gasteiger partial charge in [-0.25, -0.2) is 4.39 Å². The second-order valence-electron chi connectivity index (χ2n) is 3.86. The zero-order valence-corrected chi connectivity index (χ0v) is 11.4. The number of carbonyl (C=O) groups excluding carboxylic acids is 1. The van der Waals surface area contributed by atoms with Gasteiger partial charge in [-0.3, -0.25) is 4.79 Å². The number of ketones is 1. The fourth-order valence-corrected chi connectivity index (χ4v) is 1.61. The molecule has 0 unspecified atom stereocenters. The monoisotopic (exact) mass is 366 g/mol. The standard InChI is InChI=1S/C11H5F7O4S/c12-7-3-1-6(2-4-7)8(19)5-9(10(13,14)15)22-23(20,21)11(16,17)18/h1-5H/b9-5-. The molecule has 1 rings (SSSR count).